The van der Waals surface area contributed by atoms with E-state index in [1.54, 1.807) is 43.6 Å². The fourth-order valence-electron chi connectivity index (χ4n) is 3.94. The highest BCUT2D eigenvalue weighted by atomic mass is 32.2. The van der Waals surface area contributed by atoms with Gasteiger partial charge in [-0.25, -0.2) is 13.9 Å². The number of sulfonamides is 1. The first kappa shape index (κ1) is 26.8. The molecule has 3 rings (SSSR count). The molecule has 0 aliphatic carbocycles. The number of morpholine rings is 1. The first-order chi connectivity index (χ1) is 16.7. The maximum atomic E-state index is 13.7. The van der Waals surface area contributed by atoms with E-state index in [1.165, 1.54) is 24.3 Å². The highest BCUT2D eigenvalue weighted by molar-refractivity contribution is 7.89. The van der Waals surface area contributed by atoms with E-state index in [1.807, 2.05) is 6.07 Å². The molecule has 0 bridgehead atoms. The molecule has 1 aliphatic rings. The Bertz CT molecular complexity index is 1090. The third-order valence-electron chi connectivity index (χ3n) is 5.82. The predicted octanol–water partition coefficient (Wildman–Crippen LogP) is 1.79. The highest BCUT2D eigenvalue weighted by Crippen LogP contribution is 2.24. The van der Waals surface area contributed by atoms with Gasteiger partial charge in [-0.1, -0.05) is 32.0 Å². The molecule has 1 fully saturated rings. The van der Waals surface area contributed by atoms with Gasteiger partial charge in [-0.3, -0.25) is 19.7 Å². The van der Waals surface area contributed by atoms with Gasteiger partial charge >= 0.3 is 0 Å². The topological polar surface area (TPSA) is 128 Å². The van der Waals surface area contributed by atoms with Crippen molar-refractivity contribution in [3.8, 4) is 0 Å². The third kappa shape index (κ3) is 6.86. The molecule has 2 aromatic rings. The third-order valence-corrected chi connectivity index (χ3v) is 7.71. The van der Waals surface area contributed by atoms with E-state index in [9.17, 15) is 23.2 Å². The van der Waals surface area contributed by atoms with Crippen molar-refractivity contribution in [2.75, 3.05) is 44.7 Å². The average Bonchev–Trinajstić information content (AvgIpc) is 2.87. The van der Waals surface area contributed by atoms with Gasteiger partial charge in [0.1, 0.15) is 6.04 Å². The monoisotopic (exact) mass is 504 g/mol. The minimum atomic E-state index is -4.11. The first-order valence-electron chi connectivity index (χ1n) is 11.5. The van der Waals surface area contributed by atoms with Crippen molar-refractivity contribution in [3.05, 3.63) is 60.2 Å². The fraction of sp³-hybridized carbons (Fsp3) is 0.417. The van der Waals surface area contributed by atoms with Gasteiger partial charge in [-0.15, -0.1) is 0 Å². The SMILES string of the molecule is CC(C)[C@H](C(=O)NO)N(CCN1CCOCC1)S(=O)(=O)c1ccc(NC(=O)c2ccccc2)cc1. The normalized spacial score (nSPS) is 15.7. The van der Waals surface area contributed by atoms with Crippen LogP contribution in [0.5, 0.6) is 0 Å². The van der Waals surface area contributed by atoms with E-state index < -0.39 is 27.9 Å². The lowest BCUT2D eigenvalue weighted by Gasteiger charge is -2.34. The molecule has 11 heteroatoms. The van der Waals surface area contributed by atoms with E-state index in [2.05, 4.69) is 10.2 Å². The zero-order valence-electron chi connectivity index (χ0n) is 19.9. The van der Waals surface area contributed by atoms with Crippen LogP contribution in [0.3, 0.4) is 0 Å². The van der Waals surface area contributed by atoms with Crippen molar-refractivity contribution in [1.29, 1.82) is 0 Å². The summed E-state index contributed by atoms with van der Waals surface area (Å²) in [6.07, 6.45) is 0. The van der Waals surface area contributed by atoms with Crippen LogP contribution in [-0.4, -0.2) is 80.1 Å². The molecule has 2 amide bonds. The van der Waals surface area contributed by atoms with Crippen molar-refractivity contribution in [3.63, 3.8) is 0 Å². The number of hydrogen-bond donors (Lipinski definition) is 3. The minimum Gasteiger partial charge on any atom is -0.379 e. The summed E-state index contributed by atoms with van der Waals surface area (Å²) in [7, 11) is -4.11. The van der Waals surface area contributed by atoms with Gasteiger partial charge in [0.2, 0.25) is 10.0 Å². The summed E-state index contributed by atoms with van der Waals surface area (Å²) < 4.78 is 33.8. The van der Waals surface area contributed by atoms with Gasteiger partial charge < -0.3 is 10.1 Å². The van der Waals surface area contributed by atoms with Crippen LogP contribution >= 0.6 is 0 Å². The Labute approximate surface area is 205 Å². The Morgan fingerprint density at radius 1 is 1.06 bits per heavy atom. The molecule has 1 atom stereocenters. The number of rotatable bonds is 10. The van der Waals surface area contributed by atoms with Gasteiger partial charge in [-0.2, -0.15) is 4.31 Å². The summed E-state index contributed by atoms with van der Waals surface area (Å²) in [4.78, 5) is 26.9. The molecule has 190 valence electrons. The van der Waals surface area contributed by atoms with E-state index in [0.717, 1.165) is 4.31 Å². The van der Waals surface area contributed by atoms with Crippen LogP contribution in [0.1, 0.15) is 24.2 Å². The number of amides is 2. The van der Waals surface area contributed by atoms with E-state index >= 15 is 0 Å². The van der Waals surface area contributed by atoms with E-state index in [4.69, 9.17) is 4.74 Å². The first-order valence-corrected chi connectivity index (χ1v) is 12.9. The molecule has 0 aromatic heterocycles. The van der Waals surface area contributed by atoms with Crippen LogP contribution in [0.4, 0.5) is 5.69 Å². The number of nitrogens with zero attached hydrogens (tertiary/aromatic N) is 2. The molecule has 35 heavy (non-hydrogen) atoms. The lowest BCUT2D eigenvalue weighted by atomic mass is 10.0. The van der Waals surface area contributed by atoms with Crippen molar-refractivity contribution >= 4 is 27.5 Å². The Hall–Kier alpha value is -2.83. The summed E-state index contributed by atoms with van der Waals surface area (Å²) in [5.74, 6) is -1.50. The largest absolute Gasteiger partial charge is 0.379 e. The molecule has 1 saturated heterocycles. The number of carbonyl (C=O) groups is 2. The number of anilines is 1. The Kier molecular flexibility index (Phi) is 9.35. The Balaban J connectivity index is 1.83. The van der Waals surface area contributed by atoms with Gasteiger partial charge in [0.05, 0.1) is 18.1 Å². The van der Waals surface area contributed by atoms with Gasteiger partial charge in [0.25, 0.3) is 11.8 Å². The van der Waals surface area contributed by atoms with Crippen LogP contribution < -0.4 is 10.8 Å². The van der Waals surface area contributed by atoms with Gasteiger partial charge in [0, 0.05) is 37.4 Å². The number of ether oxygens (including phenoxy) is 1. The zero-order chi connectivity index (χ0) is 25.4. The second kappa shape index (κ2) is 12.2. The summed E-state index contributed by atoms with van der Waals surface area (Å²) >= 11 is 0. The van der Waals surface area contributed by atoms with Crippen molar-refractivity contribution < 1.29 is 28.0 Å². The summed E-state index contributed by atoms with van der Waals surface area (Å²) in [6, 6.07) is 13.4. The van der Waals surface area contributed by atoms with Crippen LogP contribution in [0.15, 0.2) is 59.5 Å². The summed E-state index contributed by atoms with van der Waals surface area (Å²) in [5.41, 5.74) is 2.52. The molecule has 0 radical (unpaired) electrons. The summed E-state index contributed by atoms with van der Waals surface area (Å²) in [6.45, 7) is 6.38. The molecular weight excluding hydrogens is 472 g/mol. The molecule has 0 spiro atoms. The molecule has 10 nitrogen and oxygen atoms in total. The molecule has 1 heterocycles. The average molecular weight is 505 g/mol. The van der Waals surface area contributed by atoms with Crippen LogP contribution in [0.2, 0.25) is 0 Å². The molecule has 0 unspecified atom stereocenters. The fourth-order valence-corrected chi connectivity index (χ4v) is 5.66. The number of benzene rings is 2. The van der Waals surface area contributed by atoms with E-state index in [-0.39, 0.29) is 17.3 Å². The number of hydrogen-bond acceptors (Lipinski definition) is 7. The molecule has 1 aliphatic heterocycles. The second-order valence-corrected chi connectivity index (χ2v) is 10.5. The Morgan fingerprint density at radius 2 is 1.69 bits per heavy atom. The molecular formula is C24H32N4O6S. The van der Waals surface area contributed by atoms with Crippen molar-refractivity contribution in [1.82, 2.24) is 14.7 Å². The smallest absolute Gasteiger partial charge is 0.262 e. The zero-order valence-corrected chi connectivity index (χ0v) is 20.7. The van der Waals surface area contributed by atoms with Gasteiger partial charge in [-0.05, 0) is 42.3 Å². The molecule has 2 aromatic carbocycles. The standard InChI is InChI=1S/C24H32N4O6S/c1-18(2)22(24(30)26-31)28(13-12-27-14-16-34-17-15-27)35(32,33)21-10-8-20(9-11-21)25-23(29)19-6-4-3-5-7-19/h3-11,18,22,31H,12-17H2,1-2H3,(H,25,29)(H,26,30)/t22-/m1/s1. The predicted molar refractivity (Wildman–Crippen MR) is 131 cm³/mol. The minimum absolute atomic E-state index is 0.0198. The van der Waals surface area contributed by atoms with Gasteiger partial charge in [0.15, 0.2) is 0 Å². The maximum absolute atomic E-state index is 13.7. The lowest BCUT2D eigenvalue weighted by Crippen LogP contribution is -2.54. The van der Waals surface area contributed by atoms with Crippen molar-refractivity contribution in [2.24, 2.45) is 5.92 Å². The number of hydroxylamine groups is 1. The van der Waals surface area contributed by atoms with Crippen LogP contribution in [-0.2, 0) is 19.6 Å². The maximum Gasteiger partial charge on any atom is 0.262 e. The molecule has 0 saturated carbocycles. The Morgan fingerprint density at radius 3 is 2.26 bits per heavy atom. The highest BCUT2D eigenvalue weighted by Gasteiger charge is 2.38. The number of carbonyl (C=O) groups excluding carboxylic acids is 2. The lowest BCUT2D eigenvalue weighted by molar-refractivity contribution is -0.134. The van der Waals surface area contributed by atoms with Crippen LogP contribution in [0.25, 0.3) is 0 Å². The summed E-state index contributed by atoms with van der Waals surface area (Å²) in [5, 5.41) is 12.0. The van der Waals surface area contributed by atoms with E-state index in [0.29, 0.717) is 44.1 Å². The quantitative estimate of drug-likeness (QED) is 0.332. The van der Waals surface area contributed by atoms with Crippen molar-refractivity contribution in [2.45, 2.75) is 24.8 Å². The second-order valence-electron chi connectivity index (χ2n) is 8.58. The molecule has 3 N–H and O–H groups in total. The number of nitrogens with one attached hydrogen (secondary N) is 2. The van der Waals surface area contributed by atoms with Crippen LogP contribution in [0, 0.1) is 5.92 Å².